The third-order valence-electron chi connectivity index (χ3n) is 3.44. The summed E-state index contributed by atoms with van der Waals surface area (Å²) in [4.78, 5) is 11.5. The van der Waals surface area contributed by atoms with Gasteiger partial charge in [0.05, 0.1) is 30.9 Å². The van der Waals surface area contributed by atoms with Crippen LogP contribution < -0.4 is 10.6 Å². The topological polar surface area (TPSA) is 79.2 Å². The van der Waals surface area contributed by atoms with Gasteiger partial charge in [0.25, 0.3) is 0 Å². The van der Waals surface area contributed by atoms with Crippen LogP contribution >= 0.6 is 0 Å². The van der Waals surface area contributed by atoms with E-state index in [2.05, 4.69) is 15.7 Å². The molecule has 0 aliphatic heterocycles. The van der Waals surface area contributed by atoms with Gasteiger partial charge in [0.1, 0.15) is 0 Å². The Balaban J connectivity index is 1.78. The van der Waals surface area contributed by atoms with E-state index in [1.165, 1.54) is 25.7 Å². The minimum Gasteiger partial charge on any atom is -0.394 e. The molecule has 1 aromatic heterocycles. The molecule has 19 heavy (non-hydrogen) atoms. The number of hydrogen-bond donors (Lipinski definition) is 3. The highest BCUT2D eigenvalue weighted by Crippen LogP contribution is 2.28. The van der Waals surface area contributed by atoms with Gasteiger partial charge in [0.2, 0.25) is 0 Å². The van der Waals surface area contributed by atoms with Crippen LogP contribution in [0.5, 0.6) is 0 Å². The molecule has 0 bridgehead atoms. The Labute approximate surface area is 113 Å². The Kier molecular flexibility index (Phi) is 4.79. The minimum absolute atomic E-state index is 0.0657. The smallest absolute Gasteiger partial charge is 0.315 e. The van der Waals surface area contributed by atoms with Crippen molar-refractivity contribution in [2.24, 2.45) is 0 Å². The summed E-state index contributed by atoms with van der Waals surface area (Å²) in [6.07, 6.45) is 6.94. The number of carbonyl (C=O) groups is 1. The molecular weight excluding hydrogens is 244 g/mol. The maximum Gasteiger partial charge on any atom is 0.315 e. The summed E-state index contributed by atoms with van der Waals surface area (Å²) in [5, 5.41) is 18.7. The molecular formula is C13H22N4O2. The van der Waals surface area contributed by atoms with Gasteiger partial charge < -0.3 is 15.7 Å². The molecule has 106 valence electrons. The summed E-state index contributed by atoms with van der Waals surface area (Å²) < 4.78 is 2.01. The highest BCUT2D eigenvalue weighted by molar-refractivity contribution is 5.74. The number of aromatic nitrogens is 2. The highest BCUT2D eigenvalue weighted by atomic mass is 16.3. The van der Waals surface area contributed by atoms with E-state index >= 15 is 0 Å². The van der Waals surface area contributed by atoms with Crippen LogP contribution in [0.2, 0.25) is 0 Å². The molecule has 3 N–H and O–H groups in total. The van der Waals surface area contributed by atoms with E-state index in [0.717, 1.165) is 5.69 Å². The predicted molar refractivity (Wildman–Crippen MR) is 71.7 cm³/mol. The number of nitrogens with one attached hydrogen (secondary N) is 2. The van der Waals surface area contributed by atoms with Crippen molar-refractivity contribution in [1.29, 1.82) is 0 Å². The van der Waals surface area contributed by atoms with Gasteiger partial charge in [-0.3, -0.25) is 4.68 Å². The molecule has 2 amide bonds. The van der Waals surface area contributed by atoms with Crippen molar-refractivity contribution in [3.8, 4) is 0 Å². The van der Waals surface area contributed by atoms with Crippen molar-refractivity contribution in [2.75, 3.05) is 6.61 Å². The number of aliphatic hydroxyl groups is 1. The van der Waals surface area contributed by atoms with Crippen molar-refractivity contribution in [2.45, 2.75) is 51.2 Å². The van der Waals surface area contributed by atoms with E-state index < -0.39 is 0 Å². The number of hydrogen-bond acceptors (Lipinski definition) is 3. The second kappa shape index (κ2) is 6.56. The zero-order valence-electron chi connectivity index (χ0n) is 11.3. The van der Waals surface area contributed by atoms with Gasteiger partial charge in [-0.25, -0.2) is 4.79 Å². The normalized spacial score (nSPS) is 17.4. The Hall–Kier alpha value is -1.56. The van der Waals surface area contributed by atoms with E-state index in [0.29, 0.717) is 12.6 Å². The monoisotopic (exact) mass is 266 g/mol. The van der Waals surface area contributed by atoms with Crippen LogP contribution in [0, 0.1) is 0 Å². The van der Waals surface area contributed by atoms with Gasteiger partial charge in [-0.1, -0.05) is 12.8 Å². The van der Waals surface area contributed by atoms with Crippen LogP contribution in [0.1, 0.15) is 44.3 Å². The number of nitrogens with zero attached hydrogens (tertiary/aromatic N) is 2. The summed E-state index contributed by atoms with van der Waals surface area (Å²) in [7, 11) is 0. The molecule has 1 saturated carbocycles. The van der Waals surface area contributed by atoms with E-state index in [4.69, 9.17) is 5.11 Å². The molecule has 1 aliphatic carbocycles. The third kappa shape index (κ3) is 3.96. The fourth-order valence-electron chi connectivity index (χ4n) is 2.34. The van der Waals surface area contributed by atoms with Crippen LogP contribution in [0.3, 0.4) is 0 Å². The van der Waals surface area contributed by atoms with Gasteiger partial charge in [-0.2, -0.15) is 5.10 Å². The molecule has 0 spiro atoms. The summed E-state index contributed by atoms with van der Waals surface area (Å²) in [5.74, 6) is 0. The largest absolute Gasteiger partial charge is 0.394 e. The lowest BCUT2D eigenvalue weighted by Crippen LogP contribution is -2.42. The molecule has 6 nitrogen and oxygen atoms in total. The highest BCUT2D eigenvalue weighted by Gasteiger charge is 2.17. The van der Waals surface area contributed by atoms with E-state index in [1.54, 1.807) is 6.92 Å². The molecule has 1 atom stereocenters. The van der Waals surface area contributed by atoms with Crippen molar-refractivity contribution in [3.63, 3.8) is 0 Å². The first-order chi connectivity index (χ1) is 9.19. The third-order valence-corrected chi connectivity index (χ3v) is 3.44. The van der Waals surface area contributed by atoms with E-state index in [-0.39, 0.29) is 18.7 Å². The number of rotatable bonds is 5. The first-order valence-corrected chi connectivity index (χ1v) is 6.88. The van der Waals surface area contributed by atoms with Gasteiger partial charge in [-0.05, 0) is 25.8 Å². The SMILES string of the molecule is C[C@@H](CO)NC(=O)NCc1ccn(C2CCCC2)n1. The quantitative estimate of drug-likeness (QED) is 0.748. The number of amides is 2. The van der Waals surface area contributed by atoms with Crippen molar-refractivity contribution >= 4 is 6.03 Å². The summed E-state index contributed by atoms with van der Waals surface area (Å²) in [6, 6.07) is 1.94. The number of carbonyl (C=O) groups excluding carboxylic acids is 1. The van der Waals surface area contributed by atoms with Crippen LogP contribution in [0.15, 0.2) is 12.3 Å². The number of urea groups is 1. The van der Waals surface area contributed by atoms with Crippen molar-refractivity contribution < 1.29 is 9.90 Å². The molecule has 1 fully saturated rings. The molecule has 0 saturated heterocycles. The lowest BCUT2D eigenvalue weighted by Gasteiger charge is -2.11. The Morgan fingerprint density at radius 2 is 2.32 bits per heavy atom. The molecule has 0 radical (unpaired) electrons. The second-order valence-electron chi connectivity index (χ2n) is 5.14. The standard InChI is InChI=1S/C13H22N4O2/c1-10(9-18)15-13(19)14-8-11-6-7-17(16-11)12-4-2-3-5-12/h6-7,10,12,18H,2-5,8-9H2,1H3,(H2,14,15,19)/t10-/m0/s1. The number of aliphatic hydroxyl groups excluding tert-OH is 1. The minimum atomic E-state index is -0.281. The fraction of sp³-hybridized carbons (Fsp3) is 0.692. The summed E-state index contributed by atoms with van der Waals surface area (Å²) in [5.41, 5.74) is 0.860. The van der Waals surface area contributed by atoms with Crippen LogP contribution in [-0.4, -0.2) is 33.6 Å². The van der Waals surface area contributed by atoms with Crippen molar-refractivity contribution in [3.05, 3.63) is 18.0 Å². The average Bonchev–Trinajstić information content (AvgIpc) is 3.06. The molecule has 0 unspecified atom stereocenters. The summed E-state index contributed by atoms with van der Waals surface area (Å²) in [6.45, 7) is 2.09. The molecule has 1 heterocycles. The van der Waals surface area contributed by atoms with Gasteiger partial charge in [0.15, 0.2) is 0 Å². The Morgan fingerprint density at radius 1 is 1.58 bits per heavy atom. The van der Waals surface area contributed by atoms with Crippen LogP contribution in [0.4, 0.5) is 4.79 Å². The zero-order chi connectivity index (χ0) is 13.7. The predicted octanol–water partition coefficient (Wildman–Crippen LogP) is 1.18. The van der Waals surface area contributed by atoms with E-state index in [9.17, 15) is 4.79 Å². The maximum atomic E-state index is 11.5. The van der Waals surface area contributed by atoms with Crippen LogP contribution in [-0.2, 0) is 6.54 Å². The summed E-state index contributed by atoms with van der Waals surface area (Å²) >= 11 is 0. The molecule has 1 aliphatic rings. The average molecular weight is 266 g/mol. The Morgan fingerprint density at radius 3 is 3.00 bits per heavy atom. The first-order valence-electron chi connectivity index (χ1n) is 6.88. The molecule has 2 rings (SSSR count). The fourth-order valence-corrected chi connectivity index (χ4v) is 2.34. The van der Waals surface area contributed by atoms with E-state index in [1.807, 2.05) is 16.9 Å². The van der Waals surface area contributed by atoms with Gasteiger partial charge in [-0.15, -0.1) is 0 Å². The van der Waals surface area contributed by atoms with Gasteiger partial charge >= 0.3 is 6.03 Å². The molecule has 6 heteroatoms. The Bertz CT molecular complexity index is 413. The van der Waals surface area contributed by atoms with Gasteiger partial charge in [0, 0.05) is 6.20 Å². The van der Waals surface area contributed by atoms with Crippen molar-refractivity contribution in [1.82, 2.24) is 20.4 Å². The lowest BCUT2D eigenvalue weighted by molar-refractivity contribution is 0.220. The second-order valence-corrected chi connectivity index (χ2v) is 5.14. The maximum absolute atomic E-state index is 11.5. The first kappa shape index (κ1) is 13.9. The lowest BCUT2D eigenvalue weighted by atomic mass is 10.3. The van der Waals surface area contributed by atoms with Crippen LogP contribution in [0.25, 0.3) is 0 Å². The molecule has 1 aromatic rings. The molecule has 0 aromatic carbocycles. The zero-order valence-corrected chi connectivity index (χ0v) is 11.3.